The highest BCUT2D eigenvalue weighted by Crippen LogP contribution is 2.28. The lowest BCUT2D eigenvalue weighted by Crippen LogP contribution is -2.41. The lowest BCUT2D eigenvalue weighted by molar-refractivity contribution is -0.135. The van der Waals surface area contributed by atoms with Gasteiger partial charge in [-0.3, -0.25) is 4.79 Å². The molecule has 0 aliphatic carbocycles. The van der Waals surface area contributed by atoms with Gasteiger partial charge >= 0.3 is 0 Å². The summed E-state index contributed by atoms with van der Waals surface area (Å²) in [5.74, 6) is 1.38. The summed E-state index contributed by atoms with van der Waals surface area (Å²) in [5, 5.41) is 3.18. The average Bonchev–Trinajstić information content (AvgIpc) is 2.90. The van der Waals surface area contributed by atoms with E-state index in [0.29, 0.717) is 67.1 Å². The molecular formula is C24H27ClFN7O2. The number of aromatic nitrogens is 4. The Labute approximate surface area is 207 Å². The highest BCUT2D eigenvalue weighted by Gasteiger charge is 2.24. The molecule has 0 bridgehead atoms. The van der Waals surface area contributed by atoms with Gasteiger partial charge in [-0.25, -0.2) is 24.3 Å². The predicted octanol–water partition coefficient (Wildman–Crippen LogP) is 3.81. The van der Waals surface area contributed by atoms with Gasteiger partial charge in [0, 0.05) is 38.3 Å². The SMILES string of the molecule is O=C(CCC1CCN(c2ncc3ncnc(Nc4ccc(F)c(Cl)c4)c3n2)CC1)N1CCOCC1. The van der Waals surface area contributed by atoms with Crippen molar-refractivity contribution in [2.75, 3.05) is 49.6 Å². The molecule has 0 spiro atoms. The van der Waals surface area contributed by atoms with Crippen LogP contribution in [-0.4, -0.2) is 70.1 Å². The second-order valence-corrected chi connectivity index (χ2v) is 9.25. The molecule has 2 aliphatic rings. The second kappa shape index (κ2) is 10.7. The van der Waals surface area contributed by atoms with Crippen LogP contribution in [-0.2, 0) is 9.53 Å². The number of hydrogen-bond acceptors (Lipinski definition) is 8. The van der Waals surface area contributed by atoms with Gasteiger partial charge < -0.3 is 19.9 Å². The Morgan fingerprint density at radius 3 is 2.71 bits per heavy atom. The van der Waals surface area contributed by atoms with E-state index in [4.69, 9.17) is 21.3 Å². The molecule has 3 aromatic rings. The minimum atomic E-state index is -0.483. The van der Waals surface area contributed by atoms with Crippen molar-refractivity contribution in [3.05, 3.63) is 41.6 Å². The molecule has 9 nitrogen and oxygen atoms in total. The summed E-state index contributed by atoms with van der Waals surface area (Å²) in [6, 6.07) is 4.39. The first-order valence-electron chi connectivity index (χ1n) is 11.9. The third-order valence-electron chi connectivity index (χ3n) is 6.57. The van der Waals surface area contributed by atoms with Gasteiger partial charge in [0.25, 0.3) is 0 Å². The standard InChI is InChI=1S/C24H27ClFN7O2/c25-18-13-17(2-3-19(18)26)30-23-22-20(28-15-29-23)14-27-24(31-22)33-7-5-16(6-8-33)1-4-21(34)32-9-11-35-12-10-32/h2-3,13-16H,1,4-12H2,(H,28,29,30). The van der Waals surface area contributed by atoms with Crippen molar-refractivity contribution in [3.63, 3.8) is 0 Å². The van der Waals surface area contributed by atoms with Gasteiger partial charge in [0.15, 0.2) is 5.82 Å². The number of fused-ring (bicyclic) bond motifs is 1. The Morgan fingerprint density at radius 2 is 1.94 bits per heavy atom. The molecule has 0 atom stereocenters. The molecule has 0 saturated carbocycles. The molecule has 2 aromatic heterocycles. The second-order valence-electron chi connectivity index (χ2n) is 8.84. The van der Waals surface area contributed by atoms with Crippen LogP contribution in [0.1, 0.15) is 25.7 Å². The number of hydrogen-bond donors (Lipinski definition) is 1. The van der Waals surface area contributed by atoms with Crippen LogP contribution in [0, 0.1) is 11.7 Å². The van der Waals surface area contributed by atoms with E-state index in [9.17, 15) is 9.18 Å². The van der Waals surface area contributed by atoms with Crippen LogP contribution in [0.25, 0.3) is 11.0 Å². The van der Waals surface area contributed by atoms with Crippen molar-refractivity contribution in [1.82, 2.24) is 24.8 Å². The summed E-state index contributed by atoms with van der Waals surface area (Å²) in [5.41, 5.74) is 1.79. The molecule has 0 unspecified atom stereocenters. The number of rotatable bonds is 6. The summed E-state index contributed by atoms with van der Waals surface area (Å²) in [7, 11) is 0. The van der Waals surface area contributed by atoms with Crippen molar-refractivity contribution < 1.29 is 13.9 Å². The van der Waals surface area contributed by atoms with E-state index in [2.05, 4.69) is 25.2 Å². The van der Waals surface area contributed by atoms with Crippen LogP contribution < -0.4 is 10.2 Å². The number of piperidine rings is 1. The molecule has 11 heteroatoms. The van der Waals surface area contributed by atoms with Gasteiger partial charge in [-0.05, 0) is 43.4 Å². The number of ether oxygens (including phenoxy) is 1. The van der Waals surface area contributed by atoms with Crippen molar-refractivity contribution in [1.29, 1.82) is 0 Å². The first kappa shape index (κ1) is 23.6. The molecule has 2 saturated heterocycles. The molecule has 1 N–H and O–H groups in total. The number of morpholine rings is 1. The zero-order valence-corrected chi connectivity index (χ0v) is 20.0. The van der Waals surface area contributed by atoms with Crippen molar-refractivity contribution in [3.8, 4) is 0 Å². The maximum absolute atomic E-state index is 13.5. The van der Waals surface area contributed by atoms with E-state index in [0.717, 1.165) is 32.4 Å². The molecule has 1 aromatic carbocycles. The van der Waals surface area contributed by atoms with Crippen LogP contribution in [0.15, 0.2) is 30.7 Å². The topological polar surface area (TPSA) is 96.4 Å². The normalized spacial score (nSPS) is 17.1. The highest BCUT2D eigenvalue weighted by molar-refractivity contribution is 6.31. The van der Waals surface area contributed by atoms with E-state index < -0.39 is 5.82 Å². The third kappa shape index (κ3) is 5.59. The lowest BCUT2D eigenvalue weighted by Gasteiger charge is -2.32. The van der Waals surface area contributed by atoms with E-state index in [1.807, 2.05) is 4.90 Å². The van der Waals surface area contributed by atoms with Gasteiger partial charge in [-0.1, -0.05) is 11.6 Å². The summed E-state index contributed by atoms with van der Waals surface area (Å²) >= 11 is 5.91. The lowest BCUT2D eigenvalue weighted by atomic mass is 9.92. The van der Waals surface area contributed by atoms with Crippen molar-refractivity contribution in [2.45, 2.75) is 25.7 Å². The van der Waals surface area contributed by atoms with E-state index >= 15 is 0 Å². The van der Waals surface area contributed by atoms with Crippen LogP contribution >= 0.6 is 11.6 Å². The number of carbonyl (C=O) groups excluding carboxylic acids is 1. The van der Waals surface area contributed by atoms with Crippen LogP contribution in [0.2, 0.25) is 5.02 Å². The maximum Gasteiger partial charge on any atom is 0.226 e. The smallest absolute Gasteiger partial charge is 0.226 e. The third-order valence-corrected chi connectivity index (χ3v) is 6.86. The first-order chi connectivity index (χ1) is 17.1. The van der Waals surface area contributed by atoms with Crippen LogP contribution in [0.3, 0.4) is 0 Å². The fraction of sp³-hybridized carbons (Fsp3) is 0.458. The summed E-state index contributed by atoms with van der Waals surface area (Å²) in [6.07, 6.45) is 6.60. The summed E-state index contributed by atoms with van der Waals surface area (Å²) in [6.45, 7) is 4.32. The Bertz CT molecular complexity index is 1200. The fourth-order valence-electron chi connectivity index (χ4n) is 4.52. The number of halogens is 2. The molecule has 2 aliphatic heterocycles. The van der Waals surface area contributed by atoms with Gasteiger partial charge in [-0.15, -0.1) is 0 Å². The van der Waals surface area contributed by atoms with E-state index in [-0.39, 0.29) is 10.9 Å². The quantitative estimate of drug-likeness (QED) is 0.547. The number of anilines is 3. The van der Waals surface area contributed by atoms with Gasteiger partial charge in [0.1, 0.15) is 23.2 Å². The van der Waals surface area contributed by atoms with Crippen molar-refractivity contribution >= 4 is 46.0 Å². The number of benzene rings is 1. The van der Waals surface area contributed by atoms with E-state index in [1.165, 1.54) is 18.5 Å². The Balaban J connectivity index is 1.22. The first-order valence-corrected chi connectivity index (χ1v) is 12.2. The molecule has 2 fully saturated rings. The average molecular weight is 500 g/mol. The number of amides is 1. The summed E-state index contributed by atoms with van der Waals surface area (Å²) < 4.78 is 18.8. The molecule has 4 heterocycles. The number of nitrogens with one attached hydrogen (secondary N) is 1. The Morgan fingerprint density at radius 1 is 1.14 bits per heavy atom. The molecule has 5 rings (SSSR count). The molecule has 35 heavy (non-hydrogen) atoms. The fourth-order valence-corrected chi connectivity index (χ4v) is 4.70. The monoisotopic (exact) mass is 499 g/mol. The molecular weight excluding hydrogens is 473 g/mol. The number of carbonyl (C=O) groups is 1. The summed E-state index contributed by atoms with van der Waals surface area (Å²) in [4.78, 5) is 34.4. The minimum Gasteiger partial charge on any atom is -0.378 e. The molecule has 184 valence electrons. The molecule has 1 amide bonds. The van der Waals surface area contributed by atoms with Gasteiger partial charge in [0.2, 0.25) is 11.9 Å². The minimum absolute atomic E-state index is 0.0261. The van der Waals surface area contributed by atoms with Gasteiger partial charge in [0.05, 0.1) is 24.4 Å². The largest absolute Gasteiger partial charge is 0.378 e. The predicted molar refractivity (Wildman–Crippen MR) is 131 cm³/mol. The van der Waals surface area contributed by atoms with Crippen LogP contribution in [0.5, 0.6) is 0 Å². The molecule has 0 radical (unpaired) electrons. The van der Waals surface area contributed by atoms with Gasteiger partial charge in [-0.2, -0.15) is 0 Å². The Hall–Kier alpha value is -3.11. The van der Waals surface area contributed by atoms with E-state index in [1.54, 1.807) is 12.3 Å². The van der Waals surface area contributed by atoms with Crippen LogP contribution in [0.4, 0.5) is 21.8 Å². The zero-order chi connectivity index (χ0) is 24.2. The Kier molecular flexibility index (Phi) is 7.19. The number of nitrogens with zero attached hydrogens (tertiary/aromatic N) is 6. The van der Waals surface area contributed by atoms with Crippen molar-refractivity contribution in [2.24, 2.45) is 5.92 Å². The highest BCUT2D eigenvalue weighted by atomic mass is 35.5. The maximum atomic E-state index is 13.5. The zero-order valence-electron chi connectivity index (χ0n) is 19.3.